The highest BCUT2D eigenvalue weighted by Gasteiger charge is 2.29. The molecule has 18 heavy (non-hydrogen) atoms. The third kappa shape index (κ3) is 2.68. The van der Waals surface area contributed by atoms with Crippen LogP contribution in [-0.2, 0) is 13.0 Å². The van der Waals surface area contributed by atoms with Crippen LogP contribution in [0.2, 0.25) is 0 Å². The molecule has 100 valence electrons. The van der Waals surface area contributed by atoms with Crippen molar-refractivity contribution in [3.63, 3.8) is 0 Å². The van der Waals surface area contributed by atoms with E-state index in [1.165, 1.54) is 11.1 Å². The van der Waals surface area contributed by atoms with Crippen molar-refractivity contribution in [3.8, 4) is 0 Å². The van der Waals surface area contributed by atoms with E-state index in [-0.39, 0.29) is 5.92 Å². The summed E-state index contributed by atoms with van der Waals surface area (Å²) in [5.41, 5.74) is 8.87. The lowest BCUT2D eigenvalue weighted by molar-refractivity contribution is -0.0219. The second-order valence-corrected chi connectivity index (χ2v) is 5.96. The molecule has 1 aliphatic heterocycles. The van der Waals surface area contributed by atoms with E-state index >= 15 is 0 Å². The second-order valence-electron chi connectivity index (χ2n) is 5.96. The van der Waals surface area contributed by atoms with E-state index in [1.54, 1.807) is 0 Å². The SMILES string of the molecule is CC(C)C(C)(O)CN1CCc2c(N)cccc2C1. The third-order valence-electron chi connectivity index (χ3n) is 4.17. The van der Waals surface area contributed by atoms with E-state index in [1.807, 2.05) is 19.1 Å². The van der Waals surface area contributed by atoms with Gasteiger partial charge in [-0.3, -0.25) is 4.90 Å². The number of hydrogen-bond donors (Lipinski definition) is 2. The van der Waals surface area contributed by atoms with Crippen molar-refractivity contribution in [2.45, 2.75) is 39.3 Å². The van der Waals surface area contributed by atoms with Crippen LogP contribution < -0.4 is 5.73 Å². The summed E-state index contributed by atoms with van der Waals surface area (Å²) >= 11 is 0. The summed E-state index contributed by atoms with van der Waals surface area (Å²) in [6.45, 7) is 8.64. The molecule has 0 bridgehead atoms. The number of fused-ring (bicyclic) bond motifs is 1. The Morgan fingerprint density at radius 2 is 2.17 bits per heavy atom. The van der Waals surface area contributed by atoms with E-state index in [4.69, 9.17) is 5.73 Å². The maximum Gasteiger partial charge on any atom is 0.0768 e. The Morgan fingerprint density at radius 3 is 2.83 bits per heavy atom. The van der Waals surface area contributed by atoms with E-state index < -0.39 is 5.60 Å². The summed E-state index contributed by atoms with van der Waals surface area (Å²) in [5, 5.41) is 10.4. The van der Waals surface area contributed by atoms with E-state index in [0.29, 0.717) is 0 Å². The molecule has 1 aromatic carbocycles. The Bertz CT molecular complexity index is 427. The number of nitrogens with two attached hydrogens (primary N) is 1. The minimum atomic E-state index is -0.627. The molecular weight excluding hydrogens is 224 g/mol. The Morgan fingerprint density at radius 1 is 1.44 bits per heavy atom. The molecule has 2 rings (SSSR count). The minimum Gasteiger partial charge on any atom is -0.398 e. The third-order valence-corrected chi connectivity index (χ3v) is 4.17. The normalized spacial score (nSPS) is 19.6. The molecule has 1 atom stereocenters. The molecule has 1 aromatic rings. The predicted octanol–water partition coefficient (Wildman–Crippen LogP) is 2.03. The van der Waals surface area contributed by atoms with Gasteiger partial charge in [0.2, 0.25) is 0 Å². The fraction of sp³-hybridized carbons (Fsp3) is 0.600. The standard InChI is InChI=1S/C15H24N2O/c1-11(2)15(3,18)10-17-8-7-13-12(9-17)5-4-6-14(13)16/h4-6,11,18H,7-10,16H2,1-3H3. The molecule has 0 amide bonds. The van der Waals surface area contributed by atoms with Crippen LogP contribution in [0.25, 0.3) is 0 Å². The molecule has 1 aliphatic rings. The topological polar surface area (TPSA) is 49.5 Å². The first-order chi connectivity index (χ1) is 8.40. The molecule has 0 radical (unpaired) electrons. The molecule has 0 spiro atoms. The van der Waals surface area contributed by atoms with Gasteiger partial charge in [-0.2, -0.15) is 0 Å². The monoisotopic (exact) mass is 248 g/mol. The minimum absolute atomic E-state index is 0.264. The molecular formula is C15H24N2O. The van der Waals surface area contributed by atoms with E-state index in [0.717, 1.165) is 31.7 Å². The number of nitrogen functional groups attached to an aromatic ring is 1. The van der Waals surface area contributed by atoms with Gasteiger partial charge < -0.3 is 10.8 Å². The predicted molar refractivity (Wildman–Crippen MR) is 75.3 cm³/mol. The summed E-state index contributed by atoms with van der Waals surface area (Å²) in [6.07, 6.45) is 0.982. The second kappa shape index (κ2) is 4.90. The van der Waals surface area contributed by atoms with Crippen molar-refractivity contribution < 1.29 is 5.11 Å². The highest BCUT2D eigenvalue weighted by Crippen LogP contribution is 2.26. The van der Waals surface area contributed by atoms with Crippen LogP contribution in [0.3, 0.4) is 0 Å². The van der Waals surface area contributed by atoms with Gasteiger partial charge in [0.25, 0.3) is 0 Å². The number of rotatable bonds is 3. The molecule has 0 aliphatic carbocycles. The number of nitrogens with zero attached hydrogens (tertiary/aromatic N) is 1. The number of anilines is 1. The smallest absolute Gasteiger partial charge is 0.0768 e. The number of hydrogen-bond acceptors (Lipinski definition) is 3. The van der Waals surface area contributed by atoms with Gasteiger partial charge in [0.15, 0.2) is 0 Å². The summed E-state index contributed by atoms with van der Waals surface area (Å²) < 4.78 is 0. The first-order valence-electron chi connectivity index (χ1n) is 6.71. The quantitative estimate of drug-likeness (QED) is 0.805. The zero-order chi connectivity index (χ0) is 13.3. The van der Waals surface area contributed by atoms with Gasteiger partial charge in [0.05, 0.1) is 5.60 Å². The lowest BCUT2D eigenvalue weighted by atomic mass is 9.90. The van der Waals surface area contributed by atoms with Gasteiger partial charge in [0.1, 0.15) is 0 Å². The maximum absolute atomic E-state index is 10.4. The average molecular weight is 248 g/mol. The van der Waals surface area contributed by atoms with Crippen LogP contribution >= 0.6 is 0 Å². The number of aliphatic hydroxyl groups is 1. The summed E-state index contributed by atoms with van der Waals surface area (Å²) in [7, 11) is 0. The van der Waals surface area contributed by atoms with Crippen LogP contribution in [0.1, 0.15) is 31.9 Å². The van der Waals surface area contributed by atoms with Gasteiger partial charge >= 0.3 is 0 Å². The van der Waals surface area contributed by atoms with Gasteiger partial charge in [-0.25, -0.2) is 0 Å². The van der Waals surface area contributed by atoms with Gasteiger partial charge in [-0.05, 0) is 36.5 Å². The van der Waals surface area contributed by atoms with Crippen LogP contribution in [0, 0.1) is 5.92 Å². The Balaban J connectivity index is 2.09. The van der Waals surface area contributed by atoms with Crippen LogP contribution in [0.15, 0.2) is 18.2 Å². The first-order valence-corrected chi connectivity index (χ1v) is 6.71. The molecule has 1 unspecified atom stereocenters. The molecule has 3 nitrogen and oxygen atoms in total. The van der Waals surface area contributed by atoms with E-state index in [9.17, 15) is 5.11 Å². The summed E-state index contributed by atoms with van der Waals surface area (Å²) in [6, 6.07) is 6.12. The van der Waals surface area contributed by atoms with Crippen molar-refractivity contribution in [1.82, 2.24) is 4.90 Å². The van der Waals surface area contributed by atoms with Crippen molar-refractivity contribution in [1.29, 1.82) is 0 Å². The van der Waals surface area contributed by atoms with Gasteiger partial charge in [-0.15, -0.1) is 0 Å². The average Bonchev–Trinajstić information content (AvgIpc) is 2.28. The zero-order valence-corrected chi connectivity index (χ0v) is 11.6. The Kier molecular flexibility index (Phi) is 3.64. The first kappa shape index (κ1) is 13.4. The molecule has 0 fully saturated rings. The van der Waals surface area contributed by atoms with Crippen molar-refractivity contribution in [2.24, 2.45) is 5.92 Å². The number of β-amino-alcohol motifs (C(OH)–C–C–N with tert-alkyl or cyclic N) is 1. The van der Waals surface area contributed by atoms with Gasteiger partial charge in [0, 0.05) is 25.3 Å². The van der Waals surface area contributed by atoms with Gasteiger partial charge in [-0.1, -0.05) is 26.0 Å². The number of benzene rings is 1. The molecule has 0 aromatic heterocycles. The Labute approximate surface area is 110 Å². The van der Waals surface area contributed by atoms with Crippen molar-refractivity contribution >= 4 is 5.69 Å². The van der Waals surface area contributed by atoms with Crippen LogP contribution in [0.5, 0.6) is 0 Å². The van der Waals surface area contributed by atoms with Crippen molar-refractivity contribution in [2.75, 3.05) is 18.8 Å². The molecule has 1 heterocycles. The lowest BCUT2D eigenvalue weighted by Crippen LogP contribution is -2.46. The zero-order valence-electron chi connectivity index (χ0n) is 11.6. The highest BCUT2D eigenvalue weighted by atomic mass is 16.3. The molecule has 3 heteroatoms. The molecule has 0 saturated carbocycles. The lowest BCUT2D eigenvalue weighted by Gasteiger charge is -2.37. The fourth-order valence-corrected chi connectivity index (χ4v) is 2.47. The highest BCUT2D eigenvalue weighted by molar-refractivity contribution is 5.51. The summed E-state index contributed by atoms with van der Waals surface area (Å²) in [5.74, 6) is 0.264. The van der Waals surface area contributed by atoms with Crippen molar-refractivity contribution in [3.05, 3.63) is 29.3 Å². The Hall–Kier alpha value is -1.06. The largest absolute Gasteiger partial charge is 0.398 e. The molecule has 0 saturated heterocycles. The van der Waals surface area contributed by atoms with Crippen LogP contribution in [0.4, 0.5) is 5.69 Å². The summed E-state index contributed by atoms with van der Waals surface area (Å²) in [4.78, 5) is 2.32. The molecule has 3 N–H and O–H groups in total. The van der Waals surface area contributed by atoms with E-state index in [2.05, 4.69) is 24.8 Å². The fourth-order valence-electron chi connectivity index (χ4n) is 2.47. The van der Waals surface area contributed by atoms with Crippen LogP contribution in [-0.4, -0.2) is 28.7 Å². The maximum atomic E-state index is 10.4.